The highest BCUT2D eigenvalue weighted by atomic mass is 16.5. The quantitative estimate of drug-likeness (QED) is 0.896. The van der Waals surface area contributed by atoms with Crippen molar-refractivity contribution in [2.45, 2.75) is 52.0 Å². The van der Waals surface area contributed by atoms with Gasteiger partial charge in [0.25, 0.3) is 0 Å². The van der Waals surface area contributed by atoms with Crippen LogP contribution in [0.2, 0.25) is 0 Å². The lowest BCUT2D eigenvalue weighted by Gasteiger charge is -2.42. The zero-order valence-electron chi connectivity index (χ0n) is 12.9. The second-order valence-corrected chi connectivity index (χ2v) is 6.84. The molecule has 3 rings (SSSR count). The van der Waals surface area contributed by atoms with Crippen molar-refractivity contribution in [3.8, 4) is 0 Å². The van der Waals surface area contributed by atoms with Crippen molar-refractivity contribution in [1.29, 1.82) is 0 Å². The van der Waals surface area contributed by atoms with Crippen molar-refractivity contribution >= 4 is 0 Å². The van der Waals surface area contributed by atoms with Gasteiger partial charge in [-0.25, -0.2) is 0 Å². The Morgan fingerprint density at radius 2 is 2.25 bits per heavy atom. The fraction of sp³-hybridized carbons (Fsp3) is 0.647. The maximum atomic E-state index is 6.00. The molecule has 0 bridgehead atoms. The summed E-state index contributed by atoms with van der Waals surface area (Å²) >= 11 is 0. The maximum Gasteiger partial charge on any atom is 0.0757 e. The van der Waals surface area contributed by atoms with Crippen LogP contribution in [-0.2, 0) is 24.2 Å². The third-order valence-electron chi connectivity index (χ3n) is 4.27. The van der Waals surface area contributed by atoms with E-state index < -0.39 is 0 Å². The first-order valence-electron chi connectivity index (χ1n) is 7.74. The van der Waals surface area contributed by atoms with Gasteiger partial charge < -0.3 is 10.1 Å². The first-order chi connectivity index (χ1) is 9.53. The van der Waals surface area contributed by atoms with E-state index in [4.69, 9.17) is 4.74 Å². The van der Waals surface area contributed by atoms with Crippen molar-refractivity contribution in [2.75, 3.05) is 19.6 Å². The van der Waals surface area contributed by atoms with Gasteiger partial charge in [0.2, 0.25) is 0 Å². The van der Waals surface area contributed by atoms with Crippen LogP contribution in [0.15, 0.2) is 18.2 Å². The summed E-state index contributed by atoms with van der Waals surface area (Å²) in [6, 6.07) is 6.77. The molecule has 0 radical (unpaired) electrons. The summed E-state index contributed by atoms with van der Waals surface area (Å²) in [7, 11) is 0. The fourth-order valence-electron chi connectivity index (χ4n) is 3.71. The Labute approximate surface area is 122 Å². The molecule has 3 nitrogen and oxygen atoms in total. The summed E-state index contributed by atoms with van der Waals surface area (Å²) in [5.41, 5.74) is 4.53. The van der Waals surface area contributed by atoms with Crippen molar-refractivity contribution in [1.82, 2.24) is 10.2 Å². The molecule has 3 heteroatoms. The van der Waals surface area contributed by atoms with Gasteiger partial charge in [0.05, 0.1) is 11.7 Å². The summed E-state index contributed by atoms with van der Waals surface area (Å²) in [5.74, 6) is 0. The number of ether oxygens (including phenoxy) is 1. The Morgan fingerprint density at radius 3 is 3.05 bits per heavy atom. The SMILES string of the molecule is CC1CN(Cc2cccc3c2CCNC3)CC(C)(C)O1. The monoisotopic (exact) mass is 274 g/mol. The minimum Gasteiger partial charge on any atom is -0.370 e. The van der Waals surface area contributed by atoms with E-state index >= 15 is 0 Å². The summed E-state index contributed by atoms with van der Waals surface area (Å²) in [6.45, 7) is 11.8. The summed E-state index contributed by atoms with van der Waals surface area (Å²) in [6.07, 6.45) is 1.48. The minimum absolute atomic E-state index is 0.0337. The number of nitrogens with zero attached hydrogens (tertiary/aromatic N) is 1. The average Bonchev–Trinajstić information content (AvgIpc) is 2.37. The smallest absolute Gasteiger partial charge is 0.0757 e. The highest BCUT2D eigenvalue weighted by molar-refractivity contribution is 5.37. The van der Waals surface area contributed by atoms with Crippen LogP contribution in [0.4, 0.5) is 0 Å². The first kappa shape index (κ1) is 14.1. The van der Waals surface area contributed by atoms with Crippen molar-refractivity contribution in [3.63, 3.8) is 0 Å². The molecule has 0 aromatic heterocycles. The van der Waals surface area contributed by atoms with E-state index in [-0.39, 0.29) is 5.60 Å². The zero-order valence-corrected chi connectivity index (χ0v) is 12.9. The molecule has 0 amide bonds. The van der Waals surface area contributed by atoms with Gasteiger partial charge in [-0.05, 0) is 50.4 Å². The number of fused-ring (bicyclic) bond motifs is 1. The highest BCUT2D eigenvalue weighted by Crippen LogP contribution is 2.25. The molecule has 2 aliphatic heterocycles. The molecule has 1 aromatic carbocycles. The molecule has 1 unspecified atom stereocenters. The normalized spacial score (nSPS) is 26.2. The van der Waals surface area contributed by atoms with Crippen molar-refractivity contribution in [3.05, 3.63) is 34.9 Å². The molecule has 1 saturated heterocycles. The molecular formula is C17H26N2O. The van der Waals surface area contributed by atoms with Gasteiger partial charge in [-0.2, -0.15) is 0 Å². The van der Waals surface area contributed by atoms with Crippen LogP contribution in [0.3, 0.4) is 0 Å². The first-order valence-corrected chi connectivity index (χ1v) is 7.74. The van der Waals surface area contributed by atoms with E-state index in [2.05, 4.69) is 49.2 Å². The van der Waals surface area contributed by atoms with Crippen LogP contribution >= 0.6 is 0 Å². The number of morpholine rings is 1. The van der Waals surface area contributed by atoms with E-state index in [9.17, 15) is 0 Å². The zero-order chi connectivity index (χ0) is 14.2. The summed E-state index contributed by atoms with van der Waals surface area (Å²) in [5, 5.41) is 3.46. The fourth-order valence-corrected chi connectivity index (χ4v) is 3.71. The van der Waals surface area contributed by atoms with Crippen LogP contribution in [0, 0.1) is 0 Å². The third-order valence-corrected chi connectivity index (χ3v) is 4.27. The van der Waals surface area contributed by atoms with Gasteiger partial charge in [0.15, 0.2) is 0 Å². The molecule has 2 aliphatic rings. The molecule has 1 atom stereocenters. The molecule has 110 valence electrons. The predicted molar refractivity (Wildman–Crippen MR) is 81.8 cm³/mol. The van der Waals surface area contributed by atoms with Crippen LogP contribution in [0.1, 0.15) is 37.5 Å². The molecule has 0 saturated carbocycles. The predicted octanol–water partition coefficient (Wildman–Crippen LogP) is 2.33. The number of rotatable bonds is 2. The van der Waals surface area contributed by atoms with Crippen LogP contribution < -0.4 is 5.32 Å². The molecular weight excluding hydrogens is 248 g/mol. The van der Waals surface area contributed by atoms with Gasteiger partial charge >= 0.3 is 0 Å². The third kappa shape index (κ3) is 3.05. The van der Waals surface area contributed by atoms with Crippen LogP contribution in [0.5, 0.6) is 0 Å². The van der Waals surface area contributed by atoms with Gasteiger partial charge in [-0.15, -0.1) is 0 Å². The summed E-state index contributed by atoms with van der Waals surface area (Å²) < 4.78 is 6.00. The van der Waals surface area contributed by atoms with Crippen molar-refractivity contribution in [2.24, 2.45) is 0 Å². The van der Waals surface area contributed by atoms with E-state index in [1.807, 2.05) is 0 Å². The Hall–Kier alpha value is -0.900. The Bertz CT molecular complexity index is 484. The molecule has 20 heavy (non-hydrogen) atoms. The average molecular weight is 274 g/mol. The molecule has 1 aromatic rings. The van der Waals surface area contributed by atoms with E-state index in [0.29, 0.717) is 6.10 Å². The summed E-state index contributed by atoms with van der Waals surface area (Å²) in [4.78, 5) is 2.55. The molecule has 1 N–H and O–H groups in total. The van der Waals surface area contributed by atoms with Crippen molar-refractivity contribution < 1.29 is 4.74 Å². The van der Waals surface area contributed by atoms with Gasteiger partial charge in [-0.3, -0.25) is 4.90 Å². The second kappa shape index (κ2) is 5.47. The Morgan fingerprint density at radius 1 is 1.40 bits per heavy atom. The number of hydrogen-bond acceptors (Lipinski definition) is 3. The lowest BCUT2D eigenvalue weighted by atomic mass is 9.94. The molecule has 2 heterocycles. The number of benzene rings is 1. The van der Waals surface area contributed by atoms with Gasteiger partial charge in [-0.1, -0.05) is 18.2 Å². The minimum atomic E-state index is -0.0337. The number of hydrogen-bond donors (Lipinski definition) is 1. The molecule has 0 aliphatic carbocycles. The Balaban J connectivity index is 1.78. The maximum absolute atomic E-state index is 6.00. The standard InChI is InChI=1S/C17H26N2O/c1-13-10-19(12-17(2,3)20-13)11-15-6-4-5-14-9-18-8-7-16(14)15/h4-6,13,18H,7-12H2,1-3H3. The topological polar surface area (TPSA) is 24.5 Å². The number of nitrogens with one attached hydrogen (secondary N) is 1. The second-order valence-electron chi connectivity index (χ2n) is 6.84. The van der Waals surface area contributed by atoms with Gasteiger partial charge in [0.1, 0.15) is 0 Å². The van der Waals surface area contributed by atoms with Gasteiger partial charge in [0, 0.05) is 26.2 Å². The lowest BCUT2D eigenvalue weighted by molar-refractivity contribution is -0.130. The Kier molecular flexibility index (Phi) is 3.85. The van der Waals surface area contributed by atoms with Crippen LogP contribution in [-0.4, -0.2) is 36.2 Å². The molecule has 0 spiro atoms. The van der Waals surface area contributed by atoms with E-state index in [1.54, 1.807) is 5.56 Å². The highest BCUT2D eigenvalue weighted by Gasteiger charge is 2.31. The van der Waals surface area contributed by atoms with Crippen LogP contribution in [0.25, 0.3) is 0 Å². The molecule has 1 fully saturated rings. The van der Waals surface area contributed by atoms with E-state index in [0.717, 1.165) is 39.1 Å². The van der Waals surface area contributed by atoms with E-state index in [1.165, 1.54) is 11.1 Å². The largest absolute Gasteiger partial charge is 0.370 e. The lowest BCUT2D eigenvalue weighted by Crippen LogP contribution is -2.51.